The summed E-state index contributed by atoms with van der Waals surface area (Å²) in [5.74, 6) is 0.796. The number of anilines is 1. The average Bonchev–Trinajstić information content (AvgIpc) is 3.12. The van der Waals surface area contributed by atoms with Crippen molar-refractivity contribution in [1.82, 2.24) is 10.2 Å². The maximum Gasteiger partial charge on any atom is 0.265 e. The van der Waals surface area contributed by atoms with Crippen LogP contribution >= 0.6 is 11.3 Å². The van der Waals surface area contributed by atoms with E-state index in [0.717, 1.165) is 37.1 Å². The summed E-state index contributed by atoms with van der Waals surface area (Å²) in [7, 11) is 0. The second-order valence-electron chi connectivity index (χ2n) is 8.24. The Kier molecular flexibility index (Phi) is 8.69. The molecule has 0 saturated heterocycles. The highest BCUT2D eigenvalue weighted by Gasteiger charge is 2.35. The number of rotatable bonds is 10. The Hall–Kier alpha value is -2.15. The Labute approximate surface area is 189 Å². The van der Waals surface area contributed by atoms with Gasteiger partial charge in [0.15, 0.2) is 0 Å². The molecule has 0 aliphatic heterocycles. The first-order valence-electron chi connectivity index (χ1n) is 11.7. The smallest absolute Gasteiger partial charge is 0.265 e. The van der Waals surface area contributed by atoms with Gasteiger partial charge in [-0.15, -0.1) is 10.2 Å². The maximum absolute atomic E-state index is 13.2. The maximum atomic E-state index is 13.2. The molecule has 0 unspecified atom stereocenters. The van der Waals surface area contributed by atoms with Gasteiger partial charge in [-0.1, -0.05) is 63.9 Å². The minimum Gasteiger partial charge on any atom is -0.493 e. The van der Waals surface area contributed by atoms with Crippen LogP contribution < -0.4 is 14.8 Å². The third-order valence-electron chi connectivity index (χ3n) is 5.98. The standard InChI is InChI=1S/C24H35N3O3S/c1-4-16-29-18-12-11-13-19(30-17-5-2)20(18)21(28)25-23-27-26-22(31-23)24(6-3)14-9-7-8-10-15-24/h11-13H,4-10,14-17H2,1-3H3,(H,25,27,28). The Morgan fingerprint density at radius 2 is 1.61 bits per heavy atom. The highest BCUT2D eigenvalue weighted by molar-refractivity contribution is 7.15. The summed E-state index contributed by atoms with van der Waals surface area (Å²) < 4.78 is 11.7. The molecule has 0 atom stereocenters. The number of nitrogens with one attached hydrogen (secondary N) is 1. The van der Waals surface area contributed by atoms with Crippen LogP contribution in [0.2, 0.25) is 0 Å². The van der Waals surface area contributed by atoms with Gasteiger partial charge in [0, 0.05) is 5.41 Å². The highest BCUT2D eigenvalue weighted by atomic mass is 32.1. The molecule has 1 amide bonds. The summed E-state index contributed by atoms with van der Waals surface area (Å²) in [6, 6.07) is 5.48. The molecule has 1 aliphatic rings. The van der Waals surface area contributed by atoms with Crippen molar-refractivity contribution in [2.75, 3.05) is 18.5 Å². The molecule has 3 rings (SSSR count). The first-order chi connectivity index (χ1) is 15.1. The van der Waals surface area contributed by atoms with E-state index in [-0.39, 0.29) is 11.3 Å². The van der Waals surface area contributed by atoms with Gasteiger partial charge in [-0.3, -0.25) is 10.1 Å². The summed E-state index contributed by atoms with van der Waals surface area (Å²) in [6.07, 6.45) is 10.1. The van der Waals surface area contributed by atoms with Gasteiger partial charge in [0.05, 0.1) is 13.2 Å². The molecule has 31 heavy (non-hydrogen) atoms. The first kappa shape index (κ1) is 23.5. The second-order valence-corrected chi connectivity index (χ2v) is 9.22. The van der Waals surface area contributed by atoms with E-state index in [1.165, 1.54) is 37.0 Å². The Morgan fingerprint density at radius 1 is 1.00 bits per heavy atom. The molecule has 0 spiro atoms. The van der Waals surface area contributed by atoms with Crippen molar-refractivity contribution in [2.45, 2.75) is 84.0 Å². The van der Waals surface area contributed by atoms with E-state index >= 15 is 0 Å². The molecule has 0 radical (unpaired) electrons. The van der Waals surface area contributed by atoms with Crippen LogP contribution in [-0.4, -0.2) is 29.3 Å². The van der Waals surface area contributed by atoms with Crippen molar-refractivity contribution in [3.05, 3.63) is 28.8 Å². The molecule has 6 nitrogen and oxygen atoms in total. The van der Waals surface area contributed by atoms with E-state index < -0.39 is 0 Å². The number of nitrogens with zero attached hydrogens (tertiary/aromatic N) is 2. The SMILES string of the molecule is CCCOc1cccc(OCCC)c1C(=O)Nc1nnc(C2(CC)CCCCCC2)s1. The van der Waals surface area contributed by atoms with Gasteiger partial charge in [-0.05, 0) is 44.2 Å². The summed E-state index contributed by atoms with van der Waals surface area (Å²) >= 11 is 1.51. The van der Waals surface area contributed by atoms with Crippen molar-refractivity contribution in [3.8, 4) is 11.5 Å². The van der Waals surface area contributed by atoms with Crippen LogP contribution in [0.1, 0.15) is 93.9 Å². The largest absolute Gasteiger partial charge is 0.493 e. The average molecular weight is 446 g/mol. The third-order valence-corrected chi connectivity index (χ3v) is 7.06. The van der Waals surface area contributed by atoms with Crippen LogP contribution in [0.5, 0.6) is 11.5 Å². The molecule has 0 bridgehead atoms. The predicted molar refractivity (Wildman–Crippen MR) is 126 cm³/mol. The third kappa shape index (κ3) is 5.76. The Bertz CT molecular complexity index is 818. The van der Waals surface area contributed by atoms with Crippen molar-refractivity contribution >= 4 is 22.4 Å². The van der Waals surface area contributed by atoms with Gasteiger partial charge in [-0.25, -0.2) is 0 Å². The number of carbonyl (C=O) groups excluding carboxylic acids is 1. The molecular formula is C24H35N3O3S. The van der Waals surface area contributed by atoms with Gasteiger partial charge in [0.25, 0.3) is 5.91 Å². The number of carbonyl (C=O) groups is 1. The van der Waals surface area contributed by atoms with E-state index in [0.29, 0.717) is 35.4 Å². The summed E-state index contributed by atoms with van der Waals surface area (Å²) in [4.78, 5) is 13.2. The fraction of sp³-hybridized carbons (Fsp3) is 0.625. The fourth-order valence-electron chi connectivity index (χ4n) is 4.17. The number of hydrogen-bond donors (Lipinski definition) is 1. The van der Waals surface area contributed by atoms with E-state index in [1.807, 2.05) is 32.0 Å². The monoisotopic (exact) mass is 445 g/mol. The molecule has 1 N–H and O–H groups in total. The fourth-order valence-corrected chi connectivity index (χ4v) is 5.23. The molecule has 170 valence electrons. The molecule has 1 fully saturated rings. The van der Waals surface area contributed by atoms with Crippen molar-refractivity contribution < 1.29 is 14.3 Å². The molecule has 1 aromatic carbocycles. The number of aromatic nitrogens is 2. The normalized spacial score (nSPS) is 15.8. The van der Waals surface area contributed by atoms with Crippen molar-refractivity contribution in [1.29, 1.82) is 0 Å². The van der Waals surface area contributed by atoms with Crippen LogP contribution in [0.3, 0.4) is 0 Å². The lowest BCUT2D eigenvalue weighted by atomic mass is 9.79. The number of amides is 1. The summed E-state index contributed by atoms with van der Waals surface area (Å²) in [6.45, 7) is 7.40. The lowest BCUT2D eigenvalue weighted by Crippen LogP contribution is -2.24. The Morgan fingerprint density at radius 3 is 2.16 bits per heavy atom. The van der Waals surface area contributed by atoms with Crippen LogP contribution in [0.15, 0.2) is 18.2 Å². The van der Waals surface area contributed by atoms with E-state index in [9.17, 15) is 4.79 Å². The lowest BCUT2D eigenvalue weighted by molar-refractivity contribution is 0.101. The van der Waals surface area contributed by atoms with Crippen LogP contribution in [0, 0.1) is 0 Å². The Balaban J connectivity index is 1.83. The number of benzene rings is 1. The molecule has 1 heterocycles. The van der Waals surface area contributed by atoms with Crippen LogP contribution in [0.25, 0.3) is 0 Å². The van der Waals surface area contributed by atoms with Crippen molar-refractivity contribution in [2.24, 2.45) is 0 Å². The molecule has 7 heteroatoms. The van der Waals surface area contributed by atoms with Gasteiger partial charge in [-0.2, -0.15) is 0 Å². The highest BCUT2D eigenvalue weighted by Crippen LogP contribution is 2.43. The molecule has 1 saturated carbocycles. The van der Waals surface area contributed by atoms with Crippen molar-refractivity contribution in [3.63, 3.8) is 0 Å². The minimum atomic E-state index is -0.271. The zero-order valence-corrected chi connectivity index (χ0v) is 19.9. The molecular weight excluding hydrogens is 410 g/mol. The van der Waals surface area contributed by atoms with Gasteiger partial charge >= 0.3 is 0 Å². The van der Waals surface area contributed by atoms with Gasteiger partial charge in [0.2, 0.25) is 5.13 Å². The summed E-state index contributed by atoms with van der Waals surface area (Å²) in [5.41, 5.74) is 0.509. The topological polar surface area (TPSA) is 73.3 Å². The first-order valence-corrected chi connectivity index (χ1v) is 12.5. The zero-order chi connectivity index (χ0) is 22.1. The molecule has 1 aromatic heterocycles. The van der Waals surface area contributed by atoms with Crippen LogP contribution in [0.4, 0.5) is 5.13 Å². The lowest BCUT2D eigenvalue weighted by Gasteiger charge is -2.28. The molecule has 2 aromatic rings. The summed E-state index contributed by atoms with van der Waals surface area (Å²) in [5, 5.41) is 13.4. The van der Waals surface area contributed by atoms with Crippen LogP contribution in [-0.2, 0) is 5.41 Å². The van der Waals surface area contributed by atoms with E-state index in [1.54, 1.807) is 0 Å². The number of hydrogen-bond acceptors (Lipinski definition) is 6. The van der Waals surface area contributed by atoms with E-state index in [4.69, 9.17) is 9.47 Å². The quantitative estimate of drug-likeness (QED) is 0.430. The van der Waals surface area contributed by atoms with Gasteiger partial charge < -0.3 is 9.47 Å². The van der Waals surface area contributed by atoms with Gasteiger partial charge in [0.1, 0.15) is 22.1 Å². The number of ether oxygens (including phenoxy) is 2. The zero-order valence-electron chi connectivity index (χ0n) is 19.0. The second kappa shape index (κ2) is 11.5. The predicted octanol–water partition coefficient (Wildman–Crippen LogP) is 6.37. The minimum absolute atomic E-state index is 0.0920. The van der Waals surface area contributed by atoms with E-state index in [2.05, 4.69) is 22.4 Å². The molecule has 1 aliphatic carbocycles.